The number of hydrogen-bond donors (Lipinski definition) is 1. The Balaban J connectivity index is 1.63. The van der Waals surface area contributed by atoms with E-state index in [1.54, 1.807) is 0 Å². The summed E-state index contributed by atoms with van der Waals surface area (Å²) in [5, 5.41) is 14.7. The Bertz CT molecular complexity index is 680. The Labute approximate surface area is 147 Å². The summed E-state index contributed by atoms with van der Waals surface area (Å²) in [7, 11) is 0. The van der Waals surface area contributed by atoms with Crippen molar-refractivity contribution in [3.8, 4) is 6.07 Å². The highest BCUT2D eigenvalue weighted by atomic mass is 32.1. The molecule has 24 heavy (non-hydrogen) atoms. The maximum Gasteiger partial charge on any atom is 0.0991 e. The van der Waals surface area contributed by atoms with Gasteiger partial charge in [0.15, 0.2) is 0 Å². The molecule has 1 aliphatic heterocycles. The van der Waals surface area contributed by atoms with Crippen LogP contribution in [0.5, 0.6) is 0 Å². The predicted molar refractivity (Wildman–Crippen MR) is 96.9 cm³/mol. The standard InChI is InChI=1S/C19H23N3OS/c1-15-14-22(7-8-23-15)18(19-6-3-9-24-19)13-21-12-17-5-2-4-16(10-17)11-20/h2-6,9-10,15,18,21H,7-8,12-14H2,1H3/t15-,18+/m0/s1. The van der Waals surface area contributed by atoms with Crippen LogP contribution in [0.1, 0.15) is 29.0 Å². The van der Waals surface area contributed by atoms with Crippen molar-refractivity contribution >= 4 is 11.3 Å². The second kappa shape index (κ2) is 8.41. The lowest BCUT2D eigenvalue weighted by Gasteiger charge is -2.37. The zero-order valence-electron chi connectivity index (χ0n) is 13.9. The van der Waals surface area contributed by atoms with Gasteiger partial charge in [0, 0.05) is 31.1 Å². The van der Waals surface area contributed by atoms with Gasteiger partial charge in [-0.1, -0.05) is 18.2 Å². The van der Waals surface area contributed by atoms with Gasteiger partial charge in [-0.2, -0.15) is 5.26 Å². The van der Waals surface area contributed by atoms with Crippen LogP contribution in [0.2, 0.25) is 0 Å². The normalized spacial score (nSPS) is 19.8. The lowest BCUT2D eigenvalue weighted by Crippen LogP contribution is -2.45. The number of hydrogen-bond acceptors (Lipinski definition) is 5. The summed E-state index contributed by atoms with van der Waals surface area (Å²) < 4.78 is 5.69. The molecule has 1 saturated heterocycles. The highest BCUT2D eigenvalue weighted by Gasteiger charge is 2.25. The number of nitrogens with one attached hydrogen (secondary N) is 1. The molecule has 1 aromatic carbocycles. The van der Waals surface area contributed by atoms with Crippen LogP contribution >= 0.6 is 11.3 Å². The third kappa shape index (κ3) is 4.43. The molecule has 0 unspecified atom stereocenters. The SMILES string of the molecule is C[C@H]1CN([C@H](CNCc2cccc(C#N)c2)c2cccs2)CCO1. The van der Waals surface area contributed by atoms with Gasteiger partial charge in [0.1, 0.15) is 0 Å². The lowest BCUT2D eigenvalue weighted by molar-refractivity contribution is -0.0339. The molecule has 1 aliphatic rings. The largest absolute Gasteiger partial charge is 0.376 e. The molecule has 2 atom stereocenters. The van der Waals surface area contributed by atoms with Crippen molar-refractivity contribution in [2.75, 3.05) is 26.2 Å². The van der Waals surface area contributed by atoms with Crippen molar-refractivity contribution < 1.29 is 4.74 Å². The highest BCUT2D eigenvalue weighted by molar-refractivity contribution is 7.10. The van der Waals surface area contributed by atoms with Gasteiger partial charge in [-0.3, -0.25) is 4.90 Å². The van der Waals surface area contributed by atoms with Gasteiger partial charge in [0.05, 0.1) is 30.4 Å². The molecule has 1 N–H and O–H groups in total. The molecule has 4 nitrogen and oxygen atoms in total. The van der Waals surface area contributed by atoms with Gasteiger partial charge in [-0.25, -0.2) is 0 Å². The first-order chi connectivity index (χ1) is 11.8. The molecule has 0 aliphatic carbocycles. The van der Waals surface area contributed by atoms with E-state index in [-0.39, 0.29) is 6.10 Å². The van der Waals surface area contributed by atoms with E-state index in [0.29, 0.717) is 11.6 Å². The summed E-state index contributed by atoms with van der Waals surface area (Å²) in [4.78, 5) is 3.90. The molecule has 3 rings (SSSR count). The average molecular weight is 341 g/mol. The summed E-state index contributed by atoms with van der Waals surface area (Å²) in [6.07, 6.45) is 0.286. The molecule has 0 radical (unpaired) electrons. The van der Waals surface area contributed by atoms with Gasteiger partial charge in [-0.15, -0.1) is 11.3 Å². The first-order valence-corrected chi connectivity index (χ1v) is 9.23. The number of ether oxygens (including phenoxy) is 1. The van der Waals surface area contributed by atoms with Crippen LogP contribution in [0.15, 0.2) is 41.8 Å². The zero-order chi connectivity index (χ0) is 16.8. The summed E-state index contributed by atoms with van der Waals surface area (Å²) in [6.45, 7) is 6.54. The molecule has 5 heteroatoms. The maximum absolute atomic E-state index is 9.01. The number of benzene rings is 1. The third-order valence-corrected chi connectivity index (χ3v) is 5.28. The second-order valence-electron chi connectivity index (χ2n) is 6.15. The second-order valence-corrected chi connectivity index (χ2v) is 7.13. The minimum absolute atomic E-state index is 0.286. The van der Waals surface area contributed by atoms with E-state index < -0.39 is 0 Å². The van der Waals surface area contributed by atoms with Crippen LogP contribution in [0, 0.1) is 11.3 Å². The van der Waals surface area contributed by atoms with E-state index in [0.717, 1.165) is 38.3 Å². The quantitative estimate of drug-likeness (QED) is 0.877. The number of nitriles is 1. The summed E-state index contributed by atoms with van der Waals surface area (Å²) in [6, 6.07) is 14.7. The lowest BCUT2D eigenvalue weighted by atomic mass is 10.1. The predicted octanol–water partition coefficient (Wildman–Crippen LogP) is 3.17. The van der Waals surface area contributed by atoms with Gasteiger partial charge < -0.3 is 10.1 Å². The smallest absolute Gasteiger partial charge is 0.0991 e. The Morgan fingerprint density at radius 2 is 2.33 bits per heavy atom. The number of rotatable bonds is 6. The van der Waals surface area contributed by atoms with E-state index >= 15 is 0 Å². The monoisotopic (exact) mass is 341 g/mol. The van der Waals surface area contributed by atoms with Crippen LogP contribution in [-0.2, 0) is 11.3 Å². The van der Waals surface area contributed by atoms with Crippen molar-refractivity contribution in [3.63, 3.8) is 0 Å². The van der Waals surface area contributed by atoms with Crippen molar-refractivity contribution in [2.45, 2.75) is 25.6 Å². The van der Waals surface area contributed by atoms with Crippen LogP contribution in [-0.4, -0.2) is 37.2 Å². The molecule has 1 fully saturated rings. The summed E-state index contributed by atoms with van der Waals surface area (Å²) in [5.74, 6) is 0. The molecule has 0 bridgehead atoms. The average Bonchev–Trinajstić information content (AvgIpc) is 3.13. The van der Waals surface area contributed by atoms with Gasteiger partial charge >= 0.3 is 0 Å². The molecular weight excluding hydrogens is 318 g/mol. The molecule has 1 aromatic heterocycles. The molecule has 0 spiro atoms. The molecule has 0 saturated carbocycles. The maximum atomic E-state index is 9.01. The van der Waals surface area contributed by atoms with Crippen molar-refractivity contribution in [2.24, 2.45) is 0 Å². The van der Waals surface area contributed by atoms with Crippen LogP contribution in [0.4, 0.5) is 0 Å². The molecule has 126 valence electrons. The summed E-state index contributed by atoms with van der Waals surface area (Å²) in [5.41, 5.74) is 1.86. The minimum Gasteiger partial charge on any atom is -0.376 e. The first kappa shape index (κ1) is 17.1. The fourth-order valence-electron chi connectivity index (χ4n) is 3.12. The third-order valence-electron chi connectivity index (χ3n) is 4.31. The Morgan fingerprint density at radius 3 is 3.08 bits per heavy atom. The minimum atomic E-state index is 0.286. The van der Waals surface area contributed by atoms with E-state index in [4.69, 9.17) is 10.00 Å². The molecular formula is C19H23N3OS. The molecule has 0 amide bonds. The van der Waals surface area contributed by atoms with Crippen molar-refractivity contribution in [1.82, 2.24) is 10.2 Å². The fourth-order valence-corrected chi connectivity index (χ4v) is 3.98. The van der Waals surface area contributed by atoms with Crippen LogP contribution in [0.3, 0.4) is 0 Å². The Hall–Kier alpha value is -1.71. The highest BCUT2D eigenvalue weighted by Crippen LogP contribution is 2.26. The first-order valence-electron chi connectivity index (χ1n) is 8.35. The van der Waals surface area contributed by atoms with Gasteiger partial charge in [0.25, 0.3) is 0 Å². The fraction of sp³-hybridized carbons (Fsp3) is 0.421. The van der Waals surface area contributed by atoms with Crippen LogP contribution in [0.25, 0.3) is 0 Å². The topological polar surface area (TPSA) is 48.3 Å². The Morgan fingerprint density at radius 1 is 1.42 bits per heavy atom. The van der Waals surface area contributed by atoms with E-state index in [1.807, 2.05) is 29.5 Å². The van der Waals surface area contributed by atoms with Crippen molar-refractivity contribution in [3.05, 3.63) is 57.8 Å². The molecule has 2 aromatic rings. The number of nitrogens with zero attached hydrogens (tertiary/aromatic N) is 2. The van der Waals surface area contributed by atoms with E-state index in [1.165, 1.54) is 4.88 Å². The summed E-state index contributed by atoms with van der Waals surface area (Å²) >= 11 is 1.81. The zero-order valence-corrected chi connectivity index (χ0v) is 14.8. The Kier molecular flexibility index (Phi) is 6.00. The van der Waals surface area contributed by atoms with Crippen LogP contribution < -0.4 is 5.32 Å². The number of thiophene rings is 1. The van der Waals surface area contributed by atoms with E-state index in [9.17, 15) is 0 Å². The van der Waals surface area contributed by atoms with Gasteiger partial charge in [0.2, 0.25) is 0 Å². The number of morpholine rings is 1. The van der Waals surface area contributed by atoms with Crippen molar-refractivity contribution in [1.29, 1.82) is 5.26 Å². The van der Waals surface area contributed by atoms with E-state index in [2.05, 4.69) is 46.8 Å². The molecule has 2 heterocycles. The van der Waals surface area contributed by atoms with Gasteiger partial charge in [-0.05, 0) is 36.1 Å².